The summed E-state index contributed by atoms with van der Waals surface area (Å²) in [6, 6.07) is 9.87. The minimum atomic E-state index is -0.461. The molecule has 0 radical (unpaired) electrons. The maximum atomic E-state index is 11.3. The fourth-order valence-corrected chi connectivity index (χ4v) is 2.57. The number of ether oxygens (including phenoxy) is 1. The van der Waals surface area contributed by atoms with Gasteiger partial charge in [-0.2, -0.15) is 0 Å². The molecule has 0 aliphatic heterocycles. The molecule has 2 aromatic rings. The third-order valence-corrected chi connectivity index (χ3v) is 3.52. The lowest BCUT2D eigenvalue weighted by atomic mass is 10.2. The molecule has 5 nitrogen and oxygen atoms in total. The van der Waals surface area contributed by atoms with Crippen molar-refractivity contribution in [1.29, 1.82) is 0 Å². The van der Waals surface area contributed by atoms with Crippen LogP contribution in [0.15, 0.2) is 40.9 Å². The van der Waals surface area contributed by atoms with Crippen LogP contribution in [0, 0.1) is 10.1 Å². The average Bonchev–Trinajstić information content (AvgIpc) is 2.42. The van der Waals surface area contributed by atoms with Gasteiger partial charge < -0.3 is 10.1 Å². The van der Waals surface area contributed by atoms with Gasteiger partial charge in [-0.05, 0) is 53.2 Å². The molecule has 21 heavy (non-hydrogen) atoms. The number of hydrogen-bond acceptors (Lipinski definition) is 4. The Morgan fingerprint density at radius 2 is 2.10 bits per heavy atom. The summed E-state index contributed by atoms with van der Waals surface area (Å²) in [7, 11) is 0. The Hall–Kier alpha value is -1.79. The number of nitrogens with zero attached hydrogens (tertiary/aromatic N) is 1. The Morgan fingerprint density at radius 3 is 2.71 bits per heavy atom. The highest BCUT2D eigenvalue weighted by atomic mass is 79.9. The van der Waals surface area contributed by atoms with Gasteiger partial charge >= 0.3 is 5.69 Å². The van der Waals surface area contributed by atoms with Crippen molar-refractivity contribution >= 4 is 38.9 Å². The molecular formula is C14H12BrClN2O3. The van der Waals surface area contributed by atoms with Gasteiger partial charge in [-0.25, -0.2) is 0 Å². The van der Waals surface area contributed by atoms with E-state index in [4.69, 9.17) is 16.3 Å². The van der Waals surface area contributed by atoms with E-state index >= 15 is 0 Å². The lowest BCUT2D eigenvalue weighted by molar-refractivity contribution is -0.384. The van der Waals surface area contributed by atoms with E-state index in [1.807, 2.05) is 6.92 Å². The van der Waals surface area contributed by atoms with Crippen LogP contribution in [0.2, 0.25) is 5.02 Å². The molecule has 0 saturated heterocycles. The van der Waals surface area contributed by atoms with Crippen LogP contribution in [0.25, 0.3) is 0 Å². The maximum Gasteiger partial charge on any atom is 0.334 e. The van der Waals surface area contributed by atoms with Crippen LogP contribution in [-0.4, -0.2) is 11.5 Å². The number of para-hydroxylation sites is 1. The fraction of sp³-hybridized carbons (Fsp3) is 0.143. The largest absolute Gasteiger partial charge is 0.449 e. The minimum absolute atomic E-state index is 0.0961. The van der Waals surface area contributed by atoms with Crippen molar-refractivity contribution in [3.63, 3.8) is 0 Å². The second-order valence-corrected chi connectivity index (χ2v) is 5.41. The number of benzene rings is 2. The van der Waals surface area contributed by atoms with Crippen LogP contribution < -0.4 is 10.1 Å². The summed E-state index contributed by atoms with van der Waals surface area (Å²) in [5.74, 6) is 0.623. The Labute approximate surface area is 135 Å². The first-order valence-electron chi connectivity index (χ1n) is 6.17. The summed E-state index contributed by atoms with van der Waals surface area (Å²) in [4.78, 5) is 10.8. The van der Waals surface area contributed by atoms with Crippen LogP contribution in [0.5, 0.6) is 11.5 Å². The van der Waals surface area contributed by atoms with Crippen LogP contribution in [0.1, 0.15) is 6.92 Å². The number of anilines is 1. The van der Waals surface area contributed by atoms with Crippen molar-refractivity contribution in [2.24, 2.45) is 0 Å². The van der Waals surface area contributed by atoms with Gasteiger partial charge in [0, 0.05) is 11.6 Å². The molecule has 0 aromatic heterocycles. The van der Waals surface area contributed by atoms with Gasteiger partial charge in [-0.15, -0.1) is 0 Å². The zero-order valence-electron chi connectivity index (χ0n) is 11.1. The first-order valence-corrected chi connectivity index (χ1v) is 7.34. The molecule has 7 heteroatoms. The first kappa shape index (κ1) is 15.6. The van der Waals surface area contributed by atoms with Crippen LogP contribution >= 0.6 is 27.5 Å². The van der Waals surface area contributed by atoms with Gasteiger partial charge in [-0.3, -0.25) is 10.1 Å². The standard InChI is InChI=1S/C14H12BrClN2O3/c1-2-17-11-4-3-5-13(14(11)18(19)20)21-12-7-6-9(16)8-10(12)15/h3-8,17H,2H2,1H3. The van der Waals surface area contributed by atoms with E-state index in [2.05, 4.69) is 21.2 Å². The lowest BCUT2D eigenvalue weighted by Gasteiger charge is -2.11. The molecule has 2 rings (SSSR count). The molecule has 0 unspecified atom stereocenters. The lowest BCUT2D eigenvalue weighted by Crippen LogP contribution is -2.02. The normalized spacial score (nSPS) is 10.2. The molecular weight excluding hydrogens is 360 g/mol. The quantitative estimate of drug-likeness (QED) is 0.577. The number of halogens is 2. The van der Waals surface area contributed by atoms with Gasteiger partial charge in [0.25, 0.3) is 0 Å². The van der Waals surface area contributed by atoms with Crippen molar-refractivity contribution < 1.29 is 9.66 Å². The Morgan fingerprint density at radius 1 is 1.33 bits per heavy atom. The summed E-state index contributed by atoms with van der Waals surface area (Å²) in [5.41, 5.74) is 0.325. The number of nitro groups is 1. The second-order valence-electron chi connectivity index (χ2n) is 4.12. The van der Waals surface area contributed by atoms with E-state index < -0.39 is 4.92 Å². The van der Waals surface area contributed by atoms with Crippen LogP contribution in [0.4, 0.5) is 11.4 Å². The molecule has 0 saturated carbocycles. The van der Waals surface area contributed by atoms with E-state index in [9.17, 15) is 10.1 Å². The molecule has 1 N–H and O–H groups in total. The summed E-state index contributed by atoms with van der Waals surface area (Å²) < 4.78 is 6.28. The molecule has 2 aromatic carbocycles. The van der Waals surface area contributed by atoms with E-state index in [1.54, 1.807) is 36.4 Å². The van der Waals surface area contributed by atoms with Gasteiger partial charge in [0.05, 0.1) is 9.40 Å². The predicted octanol–water partition coefficient (Wildman–Crippen LogP) is 5.23. The first-order chi connectivity index (χ1) is 10.0. The van der Waals surface area contributed by atoms with Crippen LogP contribution in [-0.2, 0) is 0 Å². The molecule has 0 aliphatic carbocycles. The molecule has 0 spiro atoms. The molecule has 110 valence electrons. The van der Waals surface area contributed by atoms with Gasteiger partial charge in [0.2, 0.25) is 5.75 Å². The minimum Gasteiger partial charge on any atom is -0.449 e. The number of nitro benzene ring substituents is 1. The van der Waals surface area contributed by atoms with Gasteiger partial charge in [0.1, 0.15) is 11.4 Å². The molecule has 0 bridgehead atoms. The highest BCUT2D eigenvalue weighted by molar-refractivity contribution is 9.10. The molecule has 0 heterocycles. The number of rotatable bonds is 5. The summed E-state index contributed by atoms with van der Waals surface area (Å²) in [6.45, 7) is 2.45. The fourth-order valence-electron chi connectivity index (χ4n) is 1.80. The third-order valence-electron chi connectivity index (χ3n) is 2.66. The second kappa shape index (κ2) is 6.78. The van der Waals surface area contributed by atoms with E-state index in [0.717, 1.165) is 0 Å². The van der Waals surface area contributed by atoms with Crippen molar-refractivity contribution in [2.45, 2.75) is 6.92 Å². The number of nitrogens with one attached hydrogen (secondary N) is 1. The van der Waals surface area contributed by atoms with E-state index in [-0.39, 0.29) is 11.4 Å². The van der Waals surface area contributed by atoms with E-state index in [0.29, 0.717) is 27.5 Å². The van der Waals surface area contributed by atoms with Crippen LogP contribution in [0.3, 0.4) is 0 Å². The zero-order valence-corrected chi connectivity index (χ0v) is 13.4. The SMILES string of the molecule is CCNc1cccc(Oc2ccc(Cl)cc2Br)c1[N+](=O)[O-]. The highest BCUT2D eigenvalue weighted by Gasteiger charge is 2.21. The number of hydrogen-bond donors (Lipinski definition) is 1. The van der Waals surface area contributed by atoms with Crippen molar-refractivity contribution in [2.75, 3.05) is 11.9 Å². The van der Waals surface area contributed by atoms with Crippen molar-refractivity contribution in [3.8, 4) is 11.5 Å². The summed E-state index contributed by atoms with van der Waals surface area (Å²) in [6.07, 6.45) is 0. The Kier molecular flexibility index (Phi) is 5.03. The Balaban J connectivity index is 2.43. The Bertz CT molecular complexity index is 679. The molecule has 0 aliphatic rings. The molecule has 0 atom stereocenters. The third kappa shape index (κ3) is 3.65. The average molecular weight is 372 g/mol. The predicted molar refractivity (Wildman–Crippen MR) is 86.5 cm³/mol. The summed E-state index contributed by atoms with van der Waals surface area (Å²) in [5, 5.41) is 14.8. The summed E-state index contributed by atoms with van der Waals surface area (Å²) >= 11 is 9.18. The maximum absolute atomic E-state index is 11.3. The van der Waals surface area contributed by atoms with Crippen molar-refractivity contribution in [3.05, 3.63) is 56.0 Å². The monoisotopic (exact) mass is 370 g/mol. The zero-order chi connectivity index (χ0) is 15.4. The van der Waals surface area contributed by atoms with E-state index in [1.165, 1.54) is 0 Å². The molecule has 0 amide bonds. The van der Waals surface area contributed by atoms with Gasteiger partial charge in [0.15, 0.2) is 0 Å². The highest BCUT2D eigenvalue weighted by Crippen LogP contribution is 2.39. The molecule has 0 fully saturated rings. The van der Waals surface area contributed by atoms with Gasteiger partial charge in [-0.1, -0.05) is 17.7 Å². The topological polar surface area (TPSA) is 64.4 Å². The van der Waals surface area contributed by atoms with Crippen molar-refractivity contribution in [1.82, 2.24) is 0 Å². The smallest absolute Gasteiger partial charge is 0.334 e.